The van der Waals surface area contributed by atoms with E-state index in [0.717, 1.165) is 4.31 Å². The number of amides is 1. The Hall–Kier alpha value is -2.45. The molecule has 0 aliphatic heterocycles. The van der Waals surface area contributed by atoms with Crippen LogP contribution in [0, 0.1) is 5.92 Å². The second-order valence-electron chi connectivity index (χ2n) is 7.11. The molecule has 0 fully saturated rings. The fraction of sp³-hybridized carbons (Fsp3) is 0.381. The zero-order valence-electron chi connectivity index (χ0n) is 17.7. The largest absolute Gasteiger partial charge is 0.493 e. The van der Waals surface area contributed by atoms with Crippen LogP contribution in [0.25, 0.3) is 0 Å². The Bertz CT molecular complexity index is 977. The first kappa shape index (κ1) is 23.8. The van der Waals surface area contributed by atoms with Gasteiger partial charge in [-0.1, -0.05) is 25.4 Å². The van der Waals surface area contributed by atoms with E-state index in [1.165, 1.54) is 32.4 Å². The number of methoxy groups -OCH3 is 2. The predicted molar refractivity (Wildman–Crippen MR) is 118 cm³/mol. The number of hydrogen-bond acceptors (Lipinski definition) is 5. The van der Waals surface area contributed by atoms with Gasteiger partial charge in [0.05, 0.1) is 24.8 Å². The lowest BCUT2D eigenvalue weighted by Gasteiger charge is -2.26. The van der Waals surface area contributed by atoms with E-state index in [0.29, 0.717) is 16.5 Å². The topological polar surface area (TPSA) is 84.9 Å². The van der Waals surface area contributed by atoms with Crippen molar-refractivity contribution in [2.24, 2.45) is 5.92 Å². The highest BCUT2D eigenvalue weighted by Crippen LogP contribution is 2.32. The summed E-state index contributed by atoms with van der Waals surface area (Å²) in [5.74, 6) is 0.473. The molecular weight excluding hydrogens is 428 g/mol. The number of sulfonamides is 1. The van der Waals surface area contributed by atoms with E-state index >= 15 is 0 Å². The van der Waals surface area contributed by atoms with Crippen LogP contribution in [0.15, 0.2) is 47.4 Å². The number of hydrogen-bond donors (Lipinski definition) is 1. The maximum atomic E-state index is 13.5. The average molecular weight is 455 g/mol. The Morgan fingerprint density at radius 3 is 2.17 bits per heavy atom. The van der Waals surface area contributed by atoms with Crippen molar-refractivity contribution < 1.29 is 22.7 Å². The van der Waals surface area contributed by atoms with E-state index in [9.17, 15) is 13.2 Å². The van der Waals surface area contributed by atoms with Gasteiger partial charge in [-0.2, -0.15) is 0 Å². The Labute approximate surface area is 183 Å². The van der Waals surface area contributed by atoms with Crippen molar-refractivity contribution in [3.63, 3.8) is 0 Å². The first-order valence-corrected chi connectivity index (χ1v) is 11.2. The number of carbonyl (C=O) groups is 1. The molecule has 164 valence electrons. The van der Waals surface area contributed by atoms with Crippen molar-refractivity contribution in [3.05, 3.63) is 47.5 Å². The number of anilines is 1. The molecule has 1 atom stereocenters. The van der Waals surface area contributed by atoms with Crippen LogP contribution in [0.4, 0.5) is 5.69 Å². The van der Waals surface area contributed by atoms with Gasteiger partial charge in [-0.05, 0) is 49.2 Å². The Morgan fingerprint density at radius 2 is 1.63 bits per heavy atom. The van der Waals surface area contributed by atoms with Crippen LogP contribution in [0.3, 0.4) is 0 Å². The Balaban J connectivity index is 2.47. The maximum Gasteiger partial charge on any atom is 0.264 e. The lowest BCUT2D eigenvalue weighted by molar-refractivity contribution is -0.120. The highest BCUT2D eigenvalue weighted by atomic mass is 35.5. The summed E-state index contributed by atoms with van der Waals surface area (Å²) in [4.78, 5) is 12.6. The SMILES string of the molecule is COc1ccc(S(=O)(=O)N(CC(=O)NC(C)C(C)C)c2ccc(Cl)cc2)cc1OC. The van der Waals surface area contributed by atoms with E-state index < -0.39 is 15.9 Å². The van der Waals surface area contributed by atoms with E-state index in [4.69, 9.17) is 21.1 Å². The summed E-state index contributed by atoms with van der Waals surface area (Å²) in [5.41, 5.74) is 0.321. The fourth-order valence-electron chi connectivity index (χ4n) is 2.62. The van der Waals surface area contributed by atoms with Gasteiger partial charge in [0.2, 0.25) is 5.91 Å². The van der Waals surface area contributed by atoms with Gasteiger partial charge in [0, 0.05) is 17.1 Å². The molecule has 30 heavy (non-hydrogen) atoms. The van der Waals surface area contributed by atoms with Crippen molar-refractivity contribution in [3.8, 4) is 11.5 Å². The maximum absolute atomic E-state index is 13.5. The molecule has 7 nitrogen and oxygen atoms in total. The van der Waals surface area contributed by atoms with E-state index in [1.54, 1.807) is 24.3 Å². The van der Waals surface area contributed by atoms with Gasteiger partial charge in [-0.15, -0.1) is 0 Å². The summed E-state index contributed by atoms with van der Waals surface area (Å²) in [7, 11) is -1.19. The molecule has 0 radical (unpaired) electrons. The number of carbonyl (C=O) groups excluding carboxylic acids is 1. The third-order valence-electron chi connectivity index (χ3n) is 4.73. The molecule has 1 unspecified atom stereocenters. The molecule has 0 aliphatic carbocycles. The van der Waals surface area contributed by atoms with Crippen molar-refractivity contribution in [1.29, 1.82) is 0 Å². The second-order valence-corrected chi connectivity index (χ2v) is 9.40. The number of rotatable bonds is 9. The minimum atomic E-state index is -4.08. The number of nitrogens with zero attached hydrogens (tertiary/aromatic N) is 1. The monoisotopic (exact) mass is 454 g/mol. The lowest BCUT2D eigenvalue weighted by Crippen LogP contribution is -2.45. The molecule has 0 aliphatic rings. The van der Waals surface area contributed by atoms with Crippen LogP contribution >= 0.6 is 11.6 Å². The standard InChI is InChI=1S/C21H27ClN2O5S/c1-14(2)15(3)23-21(25)13-24(17-8-6-16(22)7-9-17)30(26,27)18-10-11-19(28-4)20(12-18)29-5/h6-12,14-15H,13H2,1-5H3,(H,23,25). The van der Waals surface area contributed by atoms with Crippen LogP contribution in [0.1, 0.15) is 20.8 Å². The summed E-state index contributed by atoms with van der Waals surface area (Å²) in [5, 5.41) is 3.30. The van der Waals surface area contributed by atoms with Gasteiger partial charge < -0.3 is 14.8 Å². The van der Waals surface area contributed by atoms with Crippen molar-refractivity contribution in [1.82, 2.24) is 5.32 Å². The highest BCUT2D eigenvalue weighted by molar-refractivity contribution is 7.92. The van der Waals surface area contributed by atoms with Crippen LogP contribution in [-0.2, 0) is 14.8 Å². The molecule has 9 heteroatoms. The van der Waals surface area contributed by atoms with Crippen molar-refractivity contribution in [2.45, 2.75) is 31.7 Å². The molecule has 0 saturated carbocycles. The van der Waals surface area contributed by atoms with E-state index in [-0.39, 0.29) is 29.1 Å². The van der Waals surface area contributed by atoms with Gasteiger partial charge in [-0.3, -0.25) is 9.10 Å². The zero-order chi connectivity index (χ0) is 22.5. The summed E-state index contributed by atoms with van der Waals surface area (Å²) < 4.78 is 38.4. The van der Waals surface area contributed by atoms with Gasteiger partial charge in [-0.25, -0.2) is 8.42 Å². The Morgan fingerprint density at radius 1 is 1.03 bits per heavy atom. The molecule has 0 heterocycles. The van der Waals surface area contributed by atoms with Gasteiger partial charge in [0.15, 0.2) is 11.5 Å². The number of ether oxygens (including phenoxy) is 2. The molecule has 0 bridgehead atoms. The number of benzene rings is 2. The van der Waals surface area contributed by atoms with Gasteiger partial charge in [0.25, 0.3) is 10.0 Å². The summed E-state index contributed by atoms with van der Waals surface area (Å²) in [6, 6.07) is 10.4. The molecule has 2 aromatic rings. The van der Waals surface area contributed by atoms with E-state index in [2.05, 4.69) is 5.32 Å². The first-order chi connectivity index (χ1) is 14.1. The predicted octanol–water partition coefficient (Wildman–Crippen LogP) is 3.71. The van der Waals surface area contributed by atoms with Crippen molar-refractivity contribution in [2.75, 3.05) is 25.1 Å². The summed E-state index contributed by atoms with van der Waals surface area (Å²) >= 11 is 5.95. The molecule has 2 aromatic carbocycles. The van der Waals surface area contributed by atoms with Crippen LogP contribution in [0.5, 0.6) is 11.5 Å². The third kappa shape index (κ3) is 5.58. The highest BCUT2D eigenvalue weighted by Gasteiger charge is 2.29. The van der Waals surface area contributed by atoms with Crippen LogP contribution in [-0.4, -0.2) is 41.1 Å². The smallest absolute Gasteiger partial charge is 0.264 e. The minimum absolute atomic E-state index is 0.0280. The van der Waals surface area contributed by atoms with Gasteiger partial charge >= 0.3 is 0 Å². The second kappa shape index (κ2) is 10.0. The van der Waals surface area contributed by atoms with Crippen molar-refractivity contribution >= 4 is 33.2 Å². The number of halogens is 1. The summed E-state index contributed by atoms with van der Waals surface area (Å²) in [6.07, 6.45) is 0. The summed E-state index contributed by atoms with van der Waals surface area (Å²) in [6.45, 7) is 5.44. The van der Waals surface area contributed by atoms with Crippen LogP contribution < -0.4 is 19.1 Å². The molecule has 0 aromatic heterocycles. The van der Waals surface area contributed by atoms with Gasteiger partial charge in [0.1, 0.15) is 6.54 Å². The average Bonchev–Trinajstić information content (AvgIpc) is 2.71. The lowest BCUT2D eigenvalue weighted by atomic mass is 10.1. The molecule has 0 spiro atoms. The molecule has 1 N–H and O–H groups in total. The molecular formula is C21H27ClN2O5S. The Kier molecular flexibility index (Phi) is 7.97. The normalized spacial score (nSPS) is 12.4. The quantitative estimate of drug-likeness (QED) is 0.624. The minimum Gasteiger partial charge on any atom is -0.493 e. The zero-order valence-corrected chi connectivity index (χ0v) is 19.3. The molecule has 1 amide bonds. The molecule has 0 saturated heterocycles. The molecule has 2 rings (SSSR count). The van der Waals surface area contributed by atoms with Crippen LogP contribution in [0.2, 0.25) is 5.02 Å². The first-order valence-electron chi connectivity index (χ1n) is 9.39. The third-order valence-corrected chi connectivity index (χ3v) is 6.76. The van der Waals surface area contributed by atoms with E-state index in [1.807, 2.05) is 20.8 Å². The fourth-order valence-corrected chi connectivity index (χ4v) is 4.19. The number of nitrogens with one attached hydrogen (secondary N) is 1.